The fraction of sp³-hybridized carbons (Fsp3) is 0.529. The molecular formula is C17H21F4Si. The van der Waals surface area contributed by atoms with Gasteiger partial charge in [0, 0.05) is 0 Å². The number of benzene rings is 1. The Hall–Kier alpha value is -1.28. The Morgan fingerprint density at radius 1 is 0.773 bits per heavy atom. The Kier molecular flexibility index (Phi) is 5.86. The Morgan fingerprint density at radius 2 is 1.23 bits per heavy atom. The van der Waals surface area contributed by atoms with E-state index in [1.54, 1.807) is 0 Å². The highest BCUT2D eigenvalue weighted by Crippen LogP contribution is 2.40. The SMILES string of the molecule is CC(C)[Si](C#Cc1c(F)[c]c(F)c(F)c1F)(C(C)C)C(C)C. The van der Waals surface area contributed by atoms with E-state index < -0.39 is 36.9 Å². The lowest BCUT2D eigenvalue weighted by molar-refractivity contribution is 0.430. The zero-order chi connectivity index (χ0) is 17.2. The van der Waals surface area contributed by atoms with Gasteiger partial charge in [-0.15, -0.1) is 5.54 Å². The summed E-state index contributed by atoms with van der Waals surface area (Å²) in [4.78, 5) is 0. The minimum atomic E-state index is -2.21. The monoisotopic (exact) mass is 329 g/mol. The summed E-state index contributed by atoms with van der Waals surface area (Å²) in [6, 6.07) is 1.54. The highest BCUT2D eigenvalue weighted by atomic mass is 28.3. The molecule has 22 heavy (non-hydrogen) atoms. The molecule has 0 fully saturated rings. The van der Waals surface area contributed by atoms with E-state index in [9.17, 15) is 17.6 Å². The molecule has 0 heterocycles. The first kappa shape index (κ1) is 18.8. The van der Waals surface area contributed by atoms with Gasteiger partial charge in [0.25, 0.3) is 0 Å². The van der Waals surface area contributed by atoms with Gasteiger partial charge in [-0.3, -0.25) is 0 Å². The fourth-order valence-corrected chi connectivity index (χ4v) is 8.44. The maximum atomic E-state index is 13.7. The smallest absolute Gasteiger partial charge is 0.196 e. The lowest BCUT2D eigenvalue weighted by Crippen LogP contribution is -2.43. The molecule has 0 spiro atoms. The molecule has 0 saturated heterocycles. The van der Waals surface area contributed by atoms with E-state index in [2.05, 4.69) is 11.5 Å². The zero-order valence-electron chi connectivity index (χ0n) is 13.7. The van der Waals surface area contributed by atoms with Gasteiger partial charge in [0.05, 0.1) is 11.6 Å². The third-order valence-corrected chi connectivity index (χ3v) is 10.6. The van der Waals surface area contributed by atoms with Gasteiger partial charge in [-0.1, -0.05) is 47.5 Å². The average Bonchev–Trinajstić information content (AvgIpc) is 2.39. The van der Waals surface area contributed by atoms with Crippen LogP contribution in [0.4, 0.5) is 17.6 Å². The van der Waals surface area contributed by atoms with Crippen molar-refractivity contribution in [1.29, 1.82) is 0 Å². The van der Waals surface area contributed by atoms with Crippen LogP contribution in [-0.4, -0.2) is 8.07 Å². The molecule has 0 aliphatic heterocycles. The van der Waals surface area contributed by atoms with E-state index in [1.807, 2.05) is 41.5 Å². The quantitative estimate of drug-likeness (QED) is 0.222. The van der Waals surface area contributed by atoms with Gasteiger partial charge >= 0.3 is 0 Å². The topological polar surface area (TPSA) is 0 Å². The van der Waals surface area contributed by atoms with Gasteiger partial charge in [0.15, 0.2) is 23.3 Å². The number of rotatable bonds is 3. The van der Waals surface area contributed by atoms with Crippen LogP contribution in [0, 0.1) is 40.8 Å². The van der Waals surface area contributed by atoms with Gasteiger partial charge < -0.3 is 0 Å². The standard InChI is InChI=1S/C17H21F4Si/c1-10(2)22(11(3)4,12(5)6)8-7-13-14(18)9-15(19)17(21)16(13)20/h10-12H,1-6H3. The van der Waals surface area contributed by atoms with Crippen molar-refractivity contribution < 1.29 is 17.6 Å². The highest BCUT2D eigenvalue weighted by Gasteiger charge is 2.41. The van der Waals surface area contributed by atoms with Crippen molar-refractivity contribution >= 4 is 8.07 Å². The first-order valence-electron chi connectivity index (χ1n) is 7.34. The fourth-order valence-electron chi connectivity index (χ4n) is 3.23. The second-order valence-corrected chi connectivity index (χ2v) is 12.0. The summed E-state index contributed by atoms with van der Waals surface area (Å²) in [5, 5.41) is 0. The molecule has 5 heteroatoms. The lowest BCUT2D eigenvalue weighted by atomic mass is 10.2. The predicted octanol–water partition coefficient (Wildman–Crippen LogP) is 5.61. The summed E-state index contributed by atoms with van der Waals surface area (Å²) in [5.41, 5.74) is 3.13. The summed E-state index contributed by atoms with van der Waals surface area (Å²) < 4.78 is 53.6. The van der Waals surface area contributed by atoms with Crippen molar-refractivity contribution in [2.45, 2.75) is 58.2 Å². The molecule has 0 aliphatic rings. The molecular weight excluding hydrogens is 308 g/mol. The average molecular weight is 329 g/mol. The molecule has 121 valence electrons. The maximum Gasteiger partial charge on any atom is 0.196 e. The molecule has 0 amide bonds. The van der Waals surface area contributed by atoms with Gasteiger partial charge in [0.1, 0.15) is 8.07 Å². The summed E-state index contributed by atoms with van der Waals surface area (Å²) >= 11 is 0. The Morgan fingerprint density at radius 3 is 1.64 bits per heavy atom. The number of halogens is 4. The molecule has 1 rings (SSSR count). The van der Waals surface area contributed by atoms with E-state index >= 15 is 0 Å². The van der Waals surface area contributed by atoms with Crippen LogP contribution in [0.3, 0.4) is 0 Å². The molecule has 0 aliphatic carbocycles. The van der Waals surface area contributed by atoms with Crippen molar-refractivity contribution in [3.63, 3.8) is 0 Å². The number of hydrogen-bond acceptors (Lipinski definition) is 0. The van der Waals surface area contributed by atoms with Crippen LogP contribution in [0.1, 0.15) is 47.1 Å². The molecule has 0 atom stereocenters. The summed E-state index contributed by atoms with van der Waals surface area (Å²) in [6.07, 6.45) is 0. The zero-order valence-corrected chi connectivity index (χ0v) is 14.7. The van der Waals surface area contributed by atoms with E-state index in [0.29, 0.717) is 0 Å². The highest BCUT2D eigenvalue weighted by molar-refractivity contribution is 6.90. The largest absolute Gasteiger partial charge is 0.205 e. The minimum Gasteiger partial charge on any atom is -0.205 e. The van der Waals surface area contributed by atoms with Gasteiger partial charge in [-0.05, 0) is 16.6 Å². The summed E-state index contributed by atoms with van der Waals surface area (Å²) in [5.74, 6) is -3.82. The summed E-state index contributed by atoms with van der Waals surface area (Å²) in [6.45, 7) is 12.3. The predicted molar refractivity (Wildman–Crippen MR) is 83.0 cm³/mol. The van der Waals surface area contributed by atoms with Crippen LogP contribution in [-0.2, 0) is 0 Å². The van der Waals surface area contributed by atoms with E-state index in [1.165, 1.54) is 6.07 Å². The van der Waals surface area contributed by atoms with E-state index in [0.717, 1.165) is 0 Å². The van der Waals surface area contributed by atoms with Crippen LogP contribution in [0.15, 0.2) is 0 Å². The second-order valence-electron chi connectivity index (χ2n) is 6.40. The van der Waals surface area contributed by atoms with Crippen LogP contribution in [0.2, 0.25) is 16.6 Å². The van der Waals surface area contributed by atoms with Gasteiger partial charge in [-0.2, -0.15) is 0 Å². The Labute approximate surface area is 130 Å². The van der Waals surface area contributed by atoms with E-state index in [4.69, 9.17) is 0 Å². The van der Waals surface area contributed by atoms with Crippen LogP contribution >= 0.6 is 0 Å². The number of hydrogen-bond donors (Lipinski definition) is 0. The minimum absolute atomic E-state index is 0.264. The first-order valence-corrected chi connectivity index (χ1v) is 9.57. The van der Waals surface area contributed by atoms with Crippen molar-refractivity contribution in [3.05, 3.63) is 34.9 Å². The molecule has 0 N–H and O–H groups in total. The normalized spacial score (nSPS) is 12.0. The maximum absolute atomic E-state index is 13.7. The van der Waals surface area contributed by atoms with Crippen LogP contribution in [0.25, 0.3) is 0 Å². The molecule has 0 aromatic heterocycles. The molecule has 0 nitrogen and oxygen atoms in total. The molecule has 0 bridgehead atoms. The third kappa shape index (κ3) is 3.22. The molecule has 1 aromatic carbocycles. The van der Waals surface area contributed by atoms with Gasteiger partial charge in [-0.25, -0.2) is 17.6 Å². The molecule has 0 unspecified atom stereocenters. The Bertz CT molecular complexity index is 588. The van der Waals surface area contributed by atoms with Crippen molar-refractivity contribution in [1.82, 2.24) is 0 Å². The van der Waals surface area contributed by atoms with Crippen LogP contribution in [0.5, 0.6) is 0 Å². The lowest BCUT2D eigenvalue weighted by Gasteiger charge is -2.38. The van der Waals surface area contributed by atoms with E-state index in [-0.39, 0.29) is 16.6 Å². The summed E-state index contributed by atoms with van der Waals surface area (Å²) in [7, 11) is -2.21. The third-order valence-electron chi connectivity index (χ3n) is 4.31. The van der Waals surface area contributed by atoms with Gasteiger partial charge in [0.2, 0.25) is 0 Å². The Balaban J connectivity index is 3.52. The second kappa shape index (κ2) is 6.87. The molecule has 1 radical (unpaired) electrons. The molecule has 1 aromatic rings. The van der Waals surface area contributed by atoms with Crippen molar-refractivity contribution in [2.24, 2.45) is 0 Å². The van der Waals surface area contributed by atoms with Crippen molar-refractivity contribution in [2.75, 3.05) is 0 Å². The first-order chi connectivity index (χ1) is 10.1. The molecule has 0 saturated carbocycles. The van der Waals surface area contributed by atoms with Crippen LogP contribution < -0.4 is 0 Å². The van der Waals surface area contributed by atoms with Crippen molar-refractivity contribution in [3.8, 4) is 11.5 Å².